The predicted octanol–water partition coefficient (Wildman–Crippen LogP) is 0.447. The smallest absolute Gasteiger partial charge is 0.317 e. The van der Waals surface area contributed by atoms with Gasteiger partial charge in [-0.2, -0.15) is 0 Å². The highest BCUT2D eigenvalue weighted by atomic mass is 32.2. The van der Waals surface area contributed by atoms with E-state index < -0.39 is 10.0 Å². The summed E-state index contributed by atoms with van der Waals surface area (Å²) in [5.74, 6) is 0.429. The number of carbonyl (C=O) groups excluding carboxylic acids is 1. The van der Waals surface area contributed by atoms with Crippen molar-refractivity contribution in [3.05, 3.63) is 17.5 Å². The lowest BCUT2D eigenvalue weighted by molar-refractivity contribution is 0.205. The van der Waals surface area contributed by atoms with Crippen molar-refractivity contribution in [2.24, 2.45) is 11.1 Å². The standard InChI is InChI=1S/C13H22N4O4S/c1-2-3-11-6-12(21-16-11)7-15-13(18)17-5-4-10(8-17)9-22(14,19)20/h6,10H,2-5,7-9H2,1H3,(H,15,18)(H2,14,19,20). The fourth-order valence-corrected chi connectivity index (χ4v) is 3.50. The lowest BCUT2D eigenvalue weighted by Gasteiger charge is -2.16. The van der Waals surface area contributed by atoms with Crippen LogP contribution in [-0.4, -0.2) is 43.3 Å². The Labute approximate surface area is 130 Å². The van der Waals surface area contributed by atoms with Crippen LogP contribution < -0.4 is 10.5 Å². The van der Waals surface area contributed by atoms with E-state index >= 15 is 0 Å². The number of nitrogens with one attached hydrogen (secondary N) is 1. The van der Waals surface area contributed by atoms with E-state index in [4.69, 9.17) is 9.66 Å². The minimum Gasteiger partial charge on any atom is -0.359 e. The van der Waals surface area contributed by atoms with Gasteiger partial charge in [0.2, 0.25) is 10.0 Å². The summed E-state index contributed by atoms with van der Waals surface area (Å²) in [6.45, 7) is 3.26. The van der Waals surface area contributed by atoms with Crippen molar-refractivity contribution in [3.8, 4) is 0 Å². The molecule has 1 fully saturated rings. The van der Waals surface area contributed by atoms with E-state index in [-0.39, 0.29) is 24.2 Å². The molecule has 0 aliphatic carbocycles. The molecule has 9 heteroatoms. The van der Waals surface area contributed by atoms with Crippen molar-refractivity contribution in [1.29, 1.82) is 0 Å². The maximum absolute atomic E-state index is 12.0. The first-order chi connectivity index (χ1) is 10.4. The molecule has 2 rings (SSSR count). The van der Waals surface area contributed by atoms with Gasteiger partial charge in [-0.25, -0.2) is 18.4 Å². The van der Waals surface area contributed by atoms with Crippen LogP contribution in [0.5, 0.6) is 0 Å². The maximum atomic E-state index is 12.0. The summed E-state index contributed by atoms with van der Waals surface area (Å²) in [5, 5.41) is 11.7. The Bertz CT molecular complexity index is 613. The van der Waals surface area contributed by atoms with Crippen molar-refractivity contribution in [2.45, 2.75) is 32.7 Å². The van der Waals surface area contributed by atoms with Gasteiger partial charge >= 0.3 is 6.03 Å². The Morgan fingerprint density at radius 3 is 3.05 bits per heavy atom. The Morgan fingerprint density at radius 2 is 2.36 bits per heavy atom. The first-order valence-corrected chi connectivity index (χ1v) is 9.06. The average molecular weight is 330 g/mol. The predicted molar refractivity (Wildman–Crippen MR) is 80.4 cm³/mol. The number of hydrogen-bond donors (Lipinski definition) is 2. The van der Waals surface area contributed by atoms with E-state index in [1.54, 1.807) is 4.90 Å². The van der Waals surface area contributed by atoms with Crippen molar-refractivity contribution < 1.29 is 17.7 Å². The zero-order chi connectivity index (χ0) is 16.2. The molecule has 0 saturated carbocycles. The third-order valence-corrected chi connectivity index (χ3v) is 4.50. The molecule has 2 heterocycles. The maximum Gasteiger partial charge on any atom is 0.317 e. The minimum atomic E-state index is -3.50. The topological polar surface area (TPSA) is 119 Å². The number of aromatic nitrogens is 1. The first-order valence-electron chi connectivity index (χ1n) is 7.35. The highest BCUT2D eigenvalue weighted by molar-refractivity contribution is 7.89. The van der Waals surface area contributed by atoms with Gasteiger partial charge in [-0.15, -0.1) is 0 Å². The molecule has 0 radical (unpaired) electrons. The molecule has 2 amide bonds. The fraction of sp³-hybridized carbons (Fsp3) is 0.692. The molecule has 8 nitrogen and oxygen atoms in total. The molecule has 0 bridgehead atoms. The van der Waals surface area contributed by atoms with E-state index in [2.05, 4.69) is 17.4 Å². The second-order valence-electron chi connectivity index (χ2n) is 5.62. The third kappa shape index (κ3) is 4.99. The molecule has 1 aliphatic rings. The number of sulfonamides is 1. The summed E-state index contributed by atoms with van der Waals surface area (Å²) in [4.78, 5) is 13.6. The summed E-state index contributed by atoms with van der Waals surface area (Å²) in [6.07, 6.45) is 2.48. The molecule has 1 aromatic heterocycles. The summed E-state index contributed by atoms with van der Waals surface area (Å²) in [7, 11) is -3.50. The molecular weight excluding hydrogens is 308 g/mol. The molecule has 0 spiro atoms. The van der Waals surface area contributed by atoms with Crippen molar-refractivity contribution in [3.63, 3.8) is 0 Å². The monoisotopic (exact) mass is 330 g/mol. The van der Waals surface area contributed by atoms with Crippen LogP contribution in [0.4, 0.5) is 4.79 Å². The van der Waals surface area contributed by atoms with Gasteiger partial charge in [-0.05, 0) is 18.8 Å². The largest absolute Gasteiger partial charge is 0.359 e. The lowest BCUT2D eigenvalue weighted by Crippen LogP contribution is -2.38. The normalized spacial score (nSPS) is 18.6. The van der Waals surface area contributed by atoms with Crippen LogP contribution in [0.2, 0.25) is 0 Å². The molecule has 1 unspecified atom stereocenters. The van der Waals surface area contributed by atoms with Crippen molar-refractivity contribution in [2.75, 3.05) is 18.8 Å². The molecule has 124 valence electrons. The molecular formula is C13H22N4O4S. The zero-order valence-electron chi connectivity index (χ0n) is 12.6. The van der Waals surface area contributed by atoms with Crippen LogP contribution >= 0.6 is 0 Å². The minimum absolute atomic E-state index is 0.0841. The molecule has 1 atom stereocenters. The Kier molecular flexibility index (Phi) is 5.41. The van der Waals surface area contributed by atoms with Gasteiger partial charge in [0.1, 0.15) is 0 Å². The summed E-state index contributed by atoms with van der Waals surface area (Å²) in [6, 6.07) is 1.60. The Morgan fingerprint density at radius 1 is 1.59 bits per heavy atom. The highest BCUT2D eigenvalue weighted by Gasteiger charge is 2.28. The van der Waals surface area contributed by atoms with E-state index in [0.717, 1.165) is 18.5 Å². The van der Waals surface area contributed by atoms with E-state index in [1.165, 1.54) is 0 Å². The van der Waals surface area contributed by atoms with Gasteiger partial charge < -0.3 is 14.7 Å². The fourth-order valence-electron chi connectivity index (χ4n) is 2.57. The van der Waals surface area contributed by atoms with Crippen LogP contribution in [0.3, 0.4) is 0 Å². The number of urea groups is 1. The molecule has 22 heavy (non-hydrogen) atoms. The van der Waals surface area contributed by atoms with Gasteiger partial charge in [-0.3, -0.25) is 0 Å². The molecule has 0 aromatic carbocycles. The number of likely N-dealkylation sites (tertiary alicyclic amines) is 1. The van der Waals surface area contributed by atoms with Crippen LogP contribution in [0.25, 0.3) is 0 Å². The third-order valence-electron chi connectivity index (χ3n) is 3.57. The Hall–Kier alpha value is -1.61. The van der Waals surface area contributed by atoms with Gasteiger partial charge in [0, 0.05) is 19.2 Å². The van der Waals surface area contributed by atoms with E-state index in [0.29, 0.717) is 25.3 Å². The van der Waals surface area contributed by atoms with Gasteiger partial charge in [0.15, 0.2) is 5.76 Å². The quantitative estimate of drug-likeness (QED) is 0.785. The van der Waals surface area contributed by atoms with Crippen LogP contribution in [0, 0.1) is 5.92 Å². The molecule has 3 N–H and O–H groups in total. The van der Waals surface area contributed by atoms with Gasteiger partial charge in [-0.1, -0.05) is 18.5 Å². The van der Waals surface area contributed by atoms with Crippen molar-refractivity contribution in [1.82, 2.24) is 15.4 Å². The number of carbonyl (C=O) groups is 1. The number of hydrogen-bond acceptors (Lipinski definition) is 5. The van der Waals surface area contributed by atoms with Crippen LogP contribution in [0.15, 0.2) is 10.6 Å². The summed E-state index contributed by atoms with van der Waals surface area (Å²) < 4.78 is 27.3. The second-order valence-corrected chi connectivity index (χ2v) is 7.28. The zero-order valence-corrected chi connectivity index (χ0v) is 13.4. The first kappa shape index (κ1) is 16.8. The number of primary sulfonamides is 1. The van der Waals surface area contributed by atoms with Gasteiger partial charge in [0.25, 0.3) is 0 Å². The molecule has 1 aliphatic heterocycles. The molecule has 1 saturated heterocycles. The van der Waals surface area contributed by atoms with Crippen LogP contribution in [-0.2, 0) is 23.0 Å². The van der Waals surface area contributed by atoms with E-state index in [9.17, 15) is 13.2 Å². The van der Waals surface area contributed by atoms with Crippen LogP contribution in [0.1, 0.15) is 31.2 Å². The van der Waals surface area contributed by atoms with Crippen molar-refractivity contribution >= 4 is 16.1 Å². The number of nitrogens with zero attached hydrogens (tertiary/aromatic N) is 2. The van der Waals surface area contributed by atoms with Gasteiger partial charge in [0.05, 0.1) is 18.0 Å². The number of amides is 2. The average Bonchev–Trinajstić information content (AvgIpc) is 3.04. The lowest BCUT2D eigenvalue weighted by atomic mass is 10.2. The van der Waals surface area contributed by atoms with E-state index in [1.807, 2.05) is 6.07 Å². The summed E-state index contributed by atoms with van der Waals surface area (Å²) >= 11 is 0. The molecule has 1 aromatic rings. The Balaban J connectivity index is 1.78. The SMILES string of the molecule is CCCc1cc(CNC(=O)N2CCC(CS(N)(=O)=O)C2)on1. The number of aryl methyl sites for hydroxylation is 1. The number of rotatable bonds is 6. The second kappa shape index (κ2) is 7.10. The number of nitrogens with two attached hydrogens (primary N) is 1. The highest BCUT2D eigenvalue weighted by Crippen LogP contribution is 2.17. The summed E-state index contributed by atoms with van der Waals surface area (Å²) in [5.41, 5.74) is 0.876.